The summed E-state index contributed by atoms with van der Waals surface area (Å²) in [6, 6.07) is 12.4. The van der Waals surface area contributed by atoms with Crippen molar-refractivity contribution in [1.82, 2.24) is 0 Å². The van der Waals surface area contributed by atoms with Gasteiger partial charge in [0.2, 0.25) is 0 Å². The van der Waals surface area contributed by atoms with Crippen molar-refractivity contribution in [2.75, 3.05) is 20.8 Å². The van der Waals surface area contributed by atoms with Crippen molar-refractivity contribution < 1.29 is 28.9 Å². The third-order valence-corrected chi connectivity index (χ3v) is 7.02. The van der Waals surface area contributed by atoms with Crippen molar-refractivity contribution in [2.45, 2.75) is 51.4 Å². The van der Waals surface area contributed by atoms with E-state index in [0.29, 0.717) is 47.9 Å². The molecule has 1 unspecified atom stereocenters. The summed E-state index contributed by atoms with van der Waals surface area (Å²) in [4.78, 5) is 31.7. The normalized spacial score (nSPS) is 21.5. The number of Topliss-reactive ketones (excluding diaryl/α,β-unsaturated/α-hetero) is 1. The van der Waals surface area contributed by atoms with Crippen molar-refractivity contribution in [2.24, 2.45) is 10.9 Å². The molecule has 0 saturated heterocycles. The molecule has 1 N–H and O–H groups in total. The van der Waals surface area contributed by atoms with Gasteiger partial charge >= 0.3 is 5.97 Å². The first-order chi connectivity index (χ1) is 17.4. The van der Waals surface area contributed by atoms with Crippen LogP contribution in [-0.2, 0) is 14.3 Å². The molecule has 0 fully saturated rings. The first-order valence-corrected chi connectivity index (χ1v) is 12.4. The zero-order chi connectivity index (χ0) is 25.8. The van der Waals surface area contributed by atoms with E-state index in [-0.39, 0.29) is 23.4 Å². The Bertz CT molecular complexity index is 1200. The number of ketones is 1. The van der Waals surface area contributed by atoms with Gasteiger partial charge in [-0.3, -0.25) is 14.6 Å². The topological polar surface area (TPSA) is 94.4 Å². The van der Waals surface area contributed by atoms with Crippen molar-refractivity contribution in [1.29, 1.82) is 0 Å². The number of phenols is 1. The van der Waals surface area contributed by atoms with E-state index in [1.54, 1.807) is 38.5 Å². The summed E-state index contributed by atoms with van der Waals surface area (Å²) in [5.74, 6) is -0.298. The van der Waals surface area contributed by atoms with Gasteiger partial charge in [0.15, 0.2) is 17.3 Å². The molecule has 2 aromatic rings. The smallest absolute Gasteiger partial charge is 0.315 e. The van der Waals surface area contributed by atoms with Crippen molar-refractivity contribution in [3.8, 4) is 17.2 Å². The minimum Gasteiger partial charge on any atom is -0.508 e. The molecule has 190 valence electrons. The lowest BCUT2D eigenvalue weighted by Gasteiger charge is -2.36. The monoisotopic (exact) mass is 491 g/mol. The summed E-state index contributed by atoms with van der Waals surface area (Å²) in [6.45, 7) is 4.20. The van der Waals surface area contributed by atoms with E-state index in [1.807, 2.05) is 32.0 Å². The maximum Gasteiger partial charge on any atom is 0.315 e. The molecule has 1 heterocycles. The number of rotatable bonds is 8. The Labute approximate surface area is 211 Å². The standard InChI is InChI=1S/C29H33NO6/c1-5-6-13-36-29(33)26-17(2)30-22-14-20(19-9-12-24(34-3)25(16-19)35-4)15-23(32)28(22)27(26)18-7-10-21(31)11-8-18/h7-12,16,20,26-27,31H,5-6,13-15H2,1-4H3/t20-,26?,27-/m0/s1. The second-order valence-electron chi connectivity index (χ2n) is 9.32. The van der Waals surface area contributed by atoms with Crippen LogP contribution in [0.1, 0.15) is 62.5 Å². The Hall–Kier alpha value is -3.61. The number of esters is 1. The van der Waals surface area contributed by atoms with Crippen LogP contribution in [0.4, 0.5) is 0 Å². The fraction of sp³-hybridized carbons (Fsp3) is 0.414. The first kappa shape index (κ1) is 25.5. The summed E-state index contributed by atoms with van der Waals surface area (Å²) >= 11 is 0. The number of ether oxygens (including phenoxy) is 3. The van der Waals surface area contributed by atoms with Gasteiger partial charge in [-0.1, -0.05) is 31.5 Å². The molecule has 1 aliphatic heterocycles. The van der Waals surface area contributed by atoms with E-state index in [9.17, 15) is 14.7 Å². The van der Waals surface area contributed by atoms with Crippen LogP contribution in [0.5, 0.6) is 17.2 Å². The second kappa shape index (κ2) is 11.0. The lowest BCUT2D eigenvalue weighted by Crippen LogP contribution is -2.38. The summed E-state index contributed by atoms with van der Waals surface area (Å²) in [6.07, 6.45) is 2.56. The van der Waals surface area contributed by atoms with Crippen molar-refractivity contribution in [3.63, 3.8) is 0 Å². The van der Waals surface area contributed by atoms with E-state index >= 15 is 0 Å². The van der Waals surface area contributed by atoms with Gasteiger partial charge in [0.1, 0.15) is 11.7 Å². The van der Waals surface area contributed by atoms with E-state index in [2.05, 4.69) is 0 Å². The number of allylic oxidation sites excluding steroid dienone is 2. The highest BCUT2D eigenvalue weighted by molar-refractivity contribution is 6.09. The second-order valence-corrected chi connectivity index (χ2v) is 9.32. The molecule has 7 nitrogen and oxygen atoms in total. The molecule has 2 aliphatic rings. The van der Waals surface area contributed by atoms with Crippen LogP contribution in [0.2, 0.25) is 0 Å². The van der Waals surface area contributed by atoms with Gasteiger partial charge in [-0.25, -0.2) is 0 Å². The zero-order valence-corrected chi connectivity index (χ0v) is 21.2. The average molecular weight is 492 g/mol. The summed E-state index contributed by atoms with van der Waals surface area (Å²) in [5.41, 5.74) is 3.67. The van der Waals surface area contributed by atoms with Crippen LogP contribution in [-0.4, -0.2) is 43.4 Å². The zero-order valence-electron chi connectivity index (χ0n) is 21.2. The average Bonchev–Trinajstić information content (AvgIpc) is 2.87. The minimum absolute atomic E-state index is 0.0308. The predicted molar refractivity (Wildman–Crippen MR) is 137 cm³/mol. The molecule has 2 aromatic carbocycles. The number of carbonyl (C=O) groups is 2. The number of benzene rings is 2. The Morgan fingerprint density at radius 1 is 1.03 bits per heavy atom. The van der Waals surface area contributed by atoms with Crippen molar-refractivity contribution >= 4 is 17.5 Å². The number of phenolic OH excluding ortho intramolecular Hbond substituents is 1. The molecular formula is C29H33NO6. The van der Waals surface area contributed by atoms with Crippen LogP contribution < -0.4 is 9.47 Å². The number of hydrogen-bond donors (Lipinski definition) is 1. The Balaban J connectivity index is 1.73. The van der Waals surface area contributed by atoms with Gasteiger partial charge in [-0.05, 0) is 61.1 Å². The van der Waals surface area contributed by atoms with Gasteiger partial charge in [-0.2, -0.15) is 0 Å². The fourth-order valence-electron chi connectivity index (χ4n) is 5.16. The number of carbonyl (C=O) groups excluding carboxylic acids is 2. The number of methoxy groups -OCH3 is 2. The van der Waals surface area contributed by atoms with Gasteiger partial charge in [-0.15, -0.1) is 0 Å². The quantitative estimate of drug-likeness (QED) is 0.396. The number of aromatic hydroxyl groups is 1. The Morgan fingerprint density at radius 2 is 1.72 bits per heavy atom. The predicted octanol–water partition coefficient (Wildman–Crippen LogP) is 5.33. The van der Waals surface area contributed by atoms with E-state index in [1.165, 1.54) is 0 Å². The molecule has 0 saturated carbocycles. The fourth-order valence-corrected chi connectivity index (χ4v) is 5.16. The number of unbranched alkanes of at least 4 members (excludes halogenated alkanes) is 1. The summed E-state index contributed by atoms with van der Waals surface area (Å²) < 4.78 is 16.4. The van der Waals surface area contributed by atoms with Crippen molar-refractivity contribution in [3.05, 3.63) is 64.9 Å². The molecule has 0 amide bonds. The highest BCUT2D eigenvalue weighted by Gasteiger charge is 2.44. The van der Waals surface area contributed by atoms with Crippen LogP contribution in [0.3, 0.4) is 0 Å². The summed E-state index contributed by atoms with van der Waals surface area (Å²) in [7, 11) is 3.18. The van der Waals surface area contributed by atoms with Crippen LogP contribution in [0.25, 0.3) is 0 Å². The third kappa shape index (κ3) is 5.01. The molecule has 0 spiro atoms. The van der Waals surface area contributed by atoms with Crippen LogP contribution in [0, 0.1) is 5.92 Å². The lowest BCUT2D eigenvalue weighted by atomic mass is 9.69. The Kier molecular flexibility index (Phi) is 7.77. The van der Waals surface area contributed by atoms with Gasteiger partial charge in [0.25, 0.3) is 0 Å². The maximum atomic E-state index is 13.7. The highest BCUT2D eigenvalue weighted by Crippen LogP contribution is 2.47. The highest BCUT2D eigenvalue weighted by atomic mass is 16.5. The molecular weight excluding hydrogens is 458 g/mol. The molecule has 3 atom stereocenters. The number of aliphatic imine (C=N–C) groups is 1. The number of hydrogen-bond acceptors (Lipinski definition) is 7. The van der Waals surface area contributed by atoms with Gasteiger partial charge < -0.3 is 19.3 Å². The van der Waals surface area contributed by atoms with Gasteiger partial charge in [0, 0.05) is 29.3 Å². The largest absolute Gasteiger partial charge is 0.508 e. The van der Waals surface area contributed by atoms with E-state index < -0.39 is 11.8 Å². The summed E-state index contributed by atoms with van der Waals surface area (Å²) in [5, 5.41) is 9.84. The maximum absolute atomic E-state index is 13.7. The third-order valence-electron chi connectivity index (χ3n) is 7.02. The SMILES string of the molecule is CCCCOC(=O)C1C(C)=NC2=C(C(=O)C[C@@H](c3ccc(OC)c(OC)c3)C2)[C@H]1c1ccc(O)cc1. The van der Waals surface area contributed by atoms with Gasteiger partial charge in [0.05, 0.1) is 20.8 Å². The molecule has 36 heavy (non-hydrogen) atoms. The van der Waals surface area contributed by atoms with Crippen LogP contribution in [0.15, 0.2) is 58.7 Å². The number of nitrogens with zero attached hydrogens (tertiary/aromatic N) is 1. The molecule has 0 bridgehead atoms. The minimum atomic E-state index is -0.688. The van der Waals surface area contributed by atoms with E-state index in [4.69, 9.17) is 19.2 Å². The Morgan fingerprint density at radius 3 is 2.39 bits per heavy atom. The first-order valence-electron chi connectivity index (χ1n) is 12.4. The molecule has 0 aromatic heterocycles. The van der Waals surface area contributed by atoms with E-state index in [0.717, 1.165) is 24.0 Å². The lowest BCUT2D eigenvalue weighted by molar-refractivity contribution is -0.146. The molecule has 1 aliphatic carbocycles. The molecule has 4 rings (SSSR count). The molecule has 7 heteroatoms. The van der Waals surface area contributed by atoms with Crippen LogP contribution >= 0.6 is 0 Å². The molecule has 0 radical (unpaired) electrons.